The molecule has 0 atom stereocenters. The summed E-state index contributed by atoms with van der Waals surface area (Å²) in [4.78, 5) is 19.4. The van der Waals surface area contributed by atoms with E-state index in [1.807, 2.05) is 36.7 Å². The van der Waals surface area contributed by atoms with Crippen LogP contribution in [0.15, 0.2) is 22.7 Å². The smallest absolute Gasteiger partial charge is 0.291 e. The van der Waals surface area contributed by atoms with Crippen molar-refractivity contribution in [1.29, 1.82) is 0 Å². The first-order valence-corrected chi connectivity index (χ1v) is 9.19. The van der Waals surface area contributed by atoms with Gasteiger partial charge < -0.3 is 9.88 Å². The fourth-order valence-corrected chi connectivity index (χ4v) is 3.55. The molecule has 1 amide bonds. The first-order chi connectivity index (χ1) is 12.0. The molecular weight excluding hydrogens is 387 g/mol. The first-order valence-electron chi connectivity index (χ1n) is 8.40. The van der Waals surface area contributed by atoms with Gasteiger partial charge in [0.2, 0.25) is 0 Å². The molecule has 0 bridgehead atoms. The Bertz CT molecular complexity index is 790. The van der Waals surface area contributed by atoms with E-state index in [-0.39, 0.29) is 12.6 Å². The van der Waals surface area contributed by atoms with E-state index >= 15 is 0 Å². The second-order valence-corrected chi connectivity index (χ2v) is 7.18. The SMILES string of the molecule is Cc1c(Br)cccc1NC(=O)c1nc2c(n1C)CCN(CCCF)C2. The van der Waals surface area contributed by atoms with Crippen molar-refractivity contribution in [1.82, 2.24) is 14.5 Å². The van der Waals surface area contributed by atoms with Gasteiger partial charge >= 0.3 is 0 Å². The standard InChI is InChI=1S/C18H22BrFN4O/c1-12-13(19)5-3-6-14(12)22-18(25)17-21-15-11-24(9-4-8-20)10-7-16(15)23(17)2/h3,5-6H,4,7-11H2,1-2H3,(H,22,25). The van der Waals surface area contributed by atoms with E-state index in [9.17, 15) is 9.18 Å². The molecule has 1 aromatic carbocycles. The Morgan fingerprint density at radius 2 is 2.24 bits per heavy atom. The van der Waals surface area contributed by atoms with Crippen LogP contribution in [0.3, 0.4) is 0 Å². The van der Waals surface area contributed by atoms with Gasteiger partial charge in [-0.3, -0.25) is 14.1 Å². The molecule has 2 heterocycles. The molecule has 7 heteroatoms. The van der Waals surface area contributed by atoms with Crippen molar-refractivity contribution in [2.45, 2.75) is 26.3 Å². The molecule has 0 radical (unpaired) electrons. The second kappa shape index (κ2) is 7.66. The van der Waals surface area contributed by atoms with Crippen molar-refractivity contribution in [3.8, 4) is 0 Å². The number of halogens is 2. The highest BCUT2D eigenvalue weighted by Crippen LogP contribution is 2.25. The number of nitrogens with zero attached hydrogens (tertiary/aromatic N) is 3. The molecule has 1 aliphatic heterocycles. The quantitative estimate of drug-likeness (QED) is 0.823. The summed E-state index contributed by atoms with van der Waals surface area (Å²) in [5.41, 5.74) is 3.76. The molecule has 0 unspecified atom stereocenters. The van der Waals surface area contributed by atoms with Crippen LogP contribution < -0.4 is 5.32 Å². The number of fused-ring (bicyclic) bond motifs is 1. The summed E-state index contributed by atoms with van der Waals surface area (Å²) >= 11 is 3.48. The lowest BCUT2D eigenvalue weighted by molar-refractivity contribution is 0.101. The van der Waals surface area contributed by atoms with Crippen molar-refractivity contribution in [3.63, 3.8) is 0 Å². The Labute approximate surface area is 155 Å². The minimum atomic E-state index is -0.300. The van der Waals surface area contributed by atoms with Crippen molar-refractivity contribution < 1.29 is 9.18 Å². The summed E-state index contributed by atoms with van der Waals surface area (Å²) in [6, 6.07) is 5.70. The number of benzene rings is 1. The Morgan fingerprint density at radius 1 is 1.44 bits per heavy atom. The zero-order chi connectivity index (χ0) is 18.0. The third-order valence-corrected chi connectivity index (χ3v) is 5.52. The Balaban J connectivity index is 1.78. The number of carbonyl (C=O) groups is 1. The highest BCUT2D eigenvalue weighted by Gasteiger charge is 2.25. The van der Waals surface area contributed by atoms with Gasteiger partial charge in [-0.2, -0.15) is 0 Å². The number of rotatable bonds is 5. The number of aromatic nitrogens is 2. The molecule has 1 N–H and O–H groups in total. The zero-order valence-electron chi connectivity index (χ0n) is 14.5. The van der Waals surface area contributed by atoms with E-state index in [2.05, 4.69) is 31.1 Å². The molecule has 1 aromatic heterocycles. The van der Waals surface area contributed by atoms with Gasteiger partial charge in [0.15, 0.2) is 5.82 Å². The average molecular weight is 409 g/mol. The molecule has 5 nitrogen and oxygen atoms in total. The van der Waals surface area contributed by atoms with Gasteiger partial charge in [-0.15, -0.1) is 0 Å². The second-order valence-electron chi connectivity index (χ2n) is 6.32. The van der Waals surface area contributed by atoms with Crippen LogP contribution in [0.2, 0.25) is 0 Å². The number of hydrogen-bond donors (Lipinski definition) is 1. The average Bonchev–Trinajstić information content (AvgIpc) is 2.93. The van der Waals surface area contributed by atoms with Crippen LogP contribution >= 0.6 is 15.9 Å². The minimum absolute atomic E-state index is 0.214. The lowest BCUT2D eigenvalue weighted by atomic mass is 10.1. The summed E-state index contributed by atoms with van der Waals surface area (Å²) in [6.07, 6.45) is 1.37. The van der Waals surface area contributed by atoms with Crippen LogP contribution in [0.1, 0.15) is 34.0 Å². The van der Waals surface area contributed by atoms with Gasteiger partial charge in [0.1, 0.15) is 0 Å². The number of amides is 1. The van der Waals surface area contributed by atoms with Crippen molar-refractivity contribution in [2.75, 3.05) is 25.1 Å². The predicted octanol–water partition coefficient (Wildman–Crippen LogP) is 3.46. The summed E-state index contributed by atoms with van der Waals surface area (Å²) in [5, 5.41) is 2.95. The van der Waals surface area contributed by atoms with Crippen LogP contribution in [-0.4, -0.2) is 40.1 Å². The largest absolute Gasteiger partial charge is 0.327 e. The molecular formula is C18H22BrFN4O. The lowest BCUT2D eigenvalue weighted by Gasteiger charge is -2.26. The molecule has 0 fully saturated rings. The molecule has 0 aliphatic carbocycles. The van der Waals surface area contributed by atoms with Crippen LogP contribution in [0.25, 0.3) is 0 Å². The normalized spacial score (nSPS) is 14.4. The number of alkyl halides is 1. The van der Waals surface area contributed by atoms with Gasteiger partial charge in [-0.05, 0) is 31.0 Å². The highest BCUT2D eigenvalue weighted by molar-refractivity contribution is 9.10. The maximum Gasteiger partial charge on any atom is 0.291 e. The molecule has 0 saturated carbocycles. The molecule has 2 aromatic rings. The summed E-state index contributed by atoms with van der Waals surface area (Å²) in [7, 11) is 1.88. The van der Waals surface area contributed by atoms with Crippen molar-refractivity contribution in [3.05, 3.63) is 45.4 Å². The lowest BCUT2D eigenvalue weighted by Crippen LogP contribution is -2.32. The van der Waals surface area contributed by atoms with E-state index in [1.165, 1.54) is 0 Å². The highest BCUT2D eigenvalue weighted by atomic mass is 79.9. The molecule has 1 aliphatic rings. The Morgan fingerprint density at radius 3 is 3.00 bits per heavy atom. The van der Waals surface area contributed by atoms with Crippen LogP contribution in [-0.2, 0) is 20.0 Å². The molecule has 25 heavy (non-hydrogen) atoms. The number of nitrogens with one attached hydrogen (secondary N) is 1. The molecule has 0 saturated heterocycles. The van der Waals surface area contributed by atoms with Crippen molar-refractivity contribution in [2.24, 2.45) is 7.05 Å². The molecule has 0 spiro atoms. The zero-order valence-corrected chi connectivity index (χ0v) is 16.1. The van der Waals surface area contributed by atoms with Gasteiger partial charge in [0.25, 0.3) is 5.91 Å². The summed E-state index contributed by atoms with van der Waals surface area (Å²) in [5.74, 6) is 0.199. The maximum absolute atomic E-state index is 12.7. The van der Waals surface area contributed by atoms with E-state index < -0.39 is 0 Å². The van der Waals surface area contributed by atoms with E-state index in [0.29, 0.717) is 18.8 Å². The van der Waals surface area contributed by atoms with Crippen LogP contribution in [0, 0.1) is 6.92 Å². The fourth-order valence-electron chi connectivity index (χ4n) is 3.18. The third-order valence-electron chi connectivity index (χ3n) is 4.66. The third kappa shape index (κ3) is 3.77. The number of hydrogen-bond acceptors (Lipinski definition) is 3. The number of anilines is 1. The minimum Gasteiger partial charge on any atom is -0.327 e. The summed E-state index contributed by atoms with van der Waals surface area (Å²) in [6.45, 7) is 3.92. The van der Waals surface area contributed by atoms with E-state index in [1.54, 1.807) is 0 Å². The van der Waals surface area contributed by atoms with Gasteiger partial charge in [0.05, 0.1) is 12.4 Å². The van der Waals surface area contributed by atoms with Crippen LogP contribution in [0.4, 0.5) is 10.1 Å². The Kier molecular flexibility index (Phi) is 5.54. The molecule has 3 rings (SSSR count). The van der Waals surface area contributed by atoms with Gasteiger partial charge in [-0.25, -0.2) is 4.98 Å². The van der Waals surface area contributed by atoms with E-state index in [0.717, 1.165) is 46.6 Å². The molecule has 134 valence electrons. The number of carbonyl (C=O) groups excluding carboxylic acids is 1. The van der Waals surface area contributed by atoms with E-state index in [4.69, 9.17) is 0 Å². The Hall–Kier alpha value is -1.73. The van der Waals surface area contributed by atoms with Crippen LogP contribution in [0.5, 0.6) is 0 Å². The topological polar surface area (TPSA) is 50.2 Å². The maximum atomic E-state index is 12.7. The van der Waals surface area contributed by atoms with Gasteiger partial charge in [-0.1, -0.05) is 22.0 Å². The number of imidazole rings is 1. The fraction of sp³-hybridized carbons (Fsp3) is 0.444. The monoisotopic (exact) mass is 408 g/mol. The van der Waals surface area contributed by atoms with Crippen molar-refractivity contribution >= 4 is 27.5 Å². The first kappa shape index (κ1) is 18.1. The summed E-state index contributed by atoms with van der Waals surface area (Å²) < 4.78 is 15.2. The predicted molar refractivity (Wildman–Crippen MR) is 99.6 cm³/mol. The van der Waals surface area contributed by atoms with Gasteiger partial charge in [0, 0.05) is 49.0 Å².